The predicted octanol–water partition coefficient (Wildman–Crippen LogP) is 2.62. The molecular formula is C19H19N3O4S. The van der Waals surface area contributed by atoms with Crippen molar-refractivity contribution in [3.8, 4) is 5.75 Å². The van der Waals surface area contributed by atoms with Gasteiger partial charge in [0.25, 0.3) is 5.91 Å². The summed E-state index contributed by atoms with van der Waals surface area (Å²) in [6.45, 7) is 0.587. The number of amides is 1. The van der Waals surface area contributed by atoms with Crippen molar-refractivity contribution in [2.24, 2.45) is 0 Å². The third-order valence-electron chi connectivity index (χ3n) is 3.98. The second kappa shape index (κ2) is 8.68. The Balaban J connectivity index is 1.52. The highest BCUT2D eigenvalue weighted by Crippen LogP contribution is 2.29. The normalized spacial score (nSPS) is 13.1. The van der Waals surface area contributed by atoms with E-state index >= 15 is 0 Å². The number of thioether (sulfide) groups is 1. The molecule has 0 fully saturated rings. The Labute approximate surface area is 160 Å². The molecule has 1 aromatic heterocycles. The number of nitrogens with one attached hydrogen (secondary N) is 2. The third-order valence-corrected chi connectivity index (χ3v) is 5.08. The molecule has 1 heterocycles. The number of ketones is 2. The molecular weight excluding hydrogens is 366 g/mol. The molecule has 0 atom stereocenters. The van der Waals surface area contributed by atoms with Crippen molar-refractivity contribution in [2.45, 2.75) is 12.8 Å². The van der Waals surface area contributed by atoms with Gasteiger partial charge in [-0.15, -0.1) is 11.8 Å². The Morgan fingerprint density at radius 2 is 2.00 bits per heavy atom. The number of fused-ring (bicyclic) bond motifs is 1. The minimum Gasteiger partial charge on any atom is -0.494 e. The predicted molar refractivity (Wildman–Crippen MR) is 102 cm³/mol. The minimum atomic E-state index is -0.502. The number of allylic oxidation sites excluding steroid dienone is 2. The lowest BCUT2D eigenvalue weighted by Crippen LogP contribution is -2.23. The molecule has 0 spiro atoms. The van der Waals surface area contributed by atoms with Gasteiger partial charge in [0.15, 0.2) is 5.69 Å². The van der Waals surface area contributed by atoms with Crippen LogP contribution in [0.25, 0.3) is 0 Å². The van der Waals surface area contributed by atoms with Crippen LogP contribution in [0.5, 0.6) is 5.75 Å². The molecule has 140 valence electrons. The van der Waals surface area contributed by atoms with Crippen molar-refractivity contribution < 1.29 is 19.1 Å². The van der Waals surface area contributed by atoms with Crippen LogP contribution in [-0.2, 0) is 0 Å². The first-order valence-corrected chi connectivity index (χ1v) is 9.52. The highest BCUT2D eigenvalue weighted by Gasteiger charge is 2.33. The smallest absolute Gasteiger partial charge is 0.272 e. The standard InChI is InChI=1S/C19H19N3O4S/c1-20-19(25)17-15-16(21-22-17)13(23)11-14(18(15)24)27-10-6-5-9-26-12-7-3-2-4-8-12/h2-4,7-8,11H,5-6,9-10H2,1H3,(H,20,25)(H,21,22). The number of rotatable bonds is 8. The third kappa shape index (κ3) is 4.28. The van der Waals surface area contributed by atoms with Crippen molar-refractivity contribution in [1.82, 2.24) is 15.5 Å². The van der Waals surface area contributed by atoms with Crippen LogP contribution < -0.4 is 10.1 Å². The van der Waals surface area contributed by atoms with Crippen molar-refractivity contribution in [2.75, 3.05) is 19.4 Å². The lowest BCUT2D eigenvalue weighted by Gasteiger charge is -2.12. The molecule has 0 radical (unpaired) electrons. The van der Waals surface area contributed by atoms with Crippen LogP contribution in [0.2, 0.25) is 0 Å². The summed E-state index contributed by atoms with van der Waals surface area (Å²) in [6.07, 6.45) is 2.97. The van der Waals surface area contributed by atoms with E-state index in [4.69, 9.17) is 4.74 Å². The van der Waals surface area contributed by atoms with Crippen molar-refractivity contribution in [3.63, 3.8) is 0 Å². The van der Waals surface area contributed by atoms with E-state index in [1.807, 2.05) is 30.3 Å². The van der Waals surface area contributed by atoms with Crippen LogP contribution in [0.1, 0.15) is 44.2 Å². The number of benzene rings is 1. The molecule has 0 unspecified atom stereocenters. The van der Waals surface area contributed by atoms with E-state index in [2.05, 4.69) is 15.5 Å². The quantitative estimate of drug-likeness (QED) is 0.678. The Morgan fingerprint density at radius 1 is 1.22 bits per heavy atom. The first-order chi connectivity index (χ1) is 13.1. The van der Waals surface area contributed by atoms with E-state index in [0.29, 0.717) is 17.3 Å². The van der Waals surface area contributed by atoms with Gasteiger partial charge in [0, 0.05) is 13.1 Å². The zero-order chi connectivity index (χ0) is 19.2. The van der Waals surface area contributed by atoms with Crippen LogP contribution in [0, 0.1) is 0 Å². The van der Waals surface area contributed by atoms with Gasteiger partial charge >= 0.3 is 0 Å². The number of nitrogens with zero attached hydrogens (tertiary/aromatic N) is 1. The molecule has 3 rings (SSSR count). The fraction of sp³-hybridized carbons (Fsp3) is 0.263. The molecule has 0 bridgehead atoms. The summed E-state index contributed by atoms with van der Waals surface area (Å²) >= 11 is 1.31. The topological polar surface area (TPSA) is 101 Å². The number of unbranched alkanes of at least 4 members (excludes halogenated alkanes) is 1. The molecule has 0 saturated heterocycles. The SMILES string of the molecule is CNC(=O)c1n[nH]c2c1C(=O)C(SCCCCOc1ccccc1)=CC2=O. The zero-order valence-electron chi connectivity index (χ0n) is 14.8. The van der Waals surface area contributed by atoms with Gasteiger partial charge in [-0.25, -0.2) is 0 Å². The lowest BCUT2D eigenvalue weighted by molar-refractivity contribution is 0.0945. The van der Waals surface area contributed by atoms with E-state index in [1.165, 1.54) is 24.9 Å². The lowest BCUT2D eigenvalue weighted by atomic mass is 9.99. The van der Waals surface area contributed by atoms with Gasteiger partial charge in [0.05, 0.1) is 17.1 Å². The molecule has 0 saturated carbocycles. The number of hydrogen-bond donors (Lipinski definition) is 2. The van der Waals surface area contributed by atoms with E-state index in [9.17, 15) is 14.4 Å². The second-order valence-corrected chi connectivity index (χ2v) is 6.96. The summed E-state index contributed by atoms with van der Waals surface area (Å²) in [7, 11) is 1.45. The van der Waals surface area contributed by atoms with Gasteiger partial charge in [0.1, 0.15) is 11.4 Å². The second-order valence-electron chi connectivity index (χ2n) is 5.82. The van der Waals surface area contributed by atoms with Gasteiger partial charge in [0.2, 0.25) is 11.6 Å². The fourth-order valence-electron chi connectivity index (χ4n) is 2.60. The minimum absolute atomic E-state index is 0.0479. The molecule has 1 aromatic carbocycles. The van der Waals surface area contributed by atoms with Gasteiger partial charge in [-0.3, -0.25) is 19.5 Å². The average Bonchev–Trinajstić information content (AvgIpc) is 3.14. The maximum absolute atomic E-state index is 12.7. The summed E-state index contributed by atoms with van der Waals surface area (Å²) in [5.74, 6) is 0.309. The van der Waals surface area contributed by atoms with Crippen molar-refractivity contribution in [1.29, 1.82) is 0 Å². The Hall–Kier alpha value is -2.87. The Bertz CT molecular complexity index is 890. The number of carbonyl (C=O) groups is 3. The van der Waals surface area contributed by atoms with E-state index in [1.54, 1.807) is 0 Å². The van der Waals surface area contributed by atoms with Crippen LogP contribution in [0.4, 0.5) is 0 Å². The summed E-state index contributed by atoms with van der Waals surface area (Å²) in [4.78, 5) is 37.0. The molecule has 27 heavy (non-hydrogen) atoms. The number of ether oxygens (including phenoxy) is 1. The number of H-pyrrole nitrogens is 1. The molecule has 2 N–H and O–H groups in total. The van der Waals surface area contributed by atoms with E-state index in [-0.39, 0.29) is 28.5 Å². The molecule has 1 amide bonds. The first kappa shape index (κ1) is 18.9. The molecule has 7 nitrogen and oxygen atoms in total. The van der Waals surface area contributed by atoms with Crippen LogP contribution >= 0.6 is 11.8 Å². The molecule has 1 aliphatic rings. The molecule has 0 aliphatic heterocycles. The molecule has 1 aliphatic carbocycles. The van der Waals surface area contributed by atoms with E-state index < -0.39 is 5.91 Å². The number of aromatic amines is 1. The maximum Gasteiger partial charge on any atom is 0.272 e. The monoisotopic (exact) mass is 385 g/mol. The van der Waals surface area contributed by atoms with Crippen molar-refractivity contribution in [3.05, 3.63) is 58.3 Å². The summed E-state index contributed by atoms with van der Waals surface area (Å²) < 4.78 is 5.62. The fourth-order valence-corrected chi connectivity index (χ4v) is 3.60. The summed E-state index contributed by atoms with van der Waals surface area (Å²) in [5.41, 5.74) is 0.0734. The number of hydrogen-bond acceptors (Lipinski definition) is 6. The summed E-state index contributed by atoms with van der Waals surface area (Å²) in [6, 6.07) is 9.57. The maximum atomic E-state index is 12.7. The number of carbonyl (C=O) groups excluding carboxylic acids is 3. The number of para-hydroxylation sites is 1. The van der Waals surface area contributed by atoms with Gasteiger partial charge in [-0.1, -0.05) is 18.2 Å². The van der Waals surface area contributed by atoms with Gasteiger partial charge < -0.3 is 10.1 Å². The average molecular weight is 385 g/mol. The first-order valence-electron chi connectivity index (χ1n) is 8.53. The Morgan fingerprint density at radius 3 is 2.74 bits per heavy atom. The van der Waals surface area contributed by atoms with Crippen LogP contribution in [0.15, 0.2) is 41.3 Å². The number of aromatic nitrogens is 2. The van der Waals surface area contributed by atoms with E-state index in [0.717, 1.165) is 18.6 Å². The van der Waals surface area contributed by atoms with Gasteiger partial charge in [-0.2, -0.15) is 5.10 Å². The van der Waals surface area contributed by atoms with Crippen LogP contribution in [-0.4, -0.2) is 47.1 Å². The number of Topliss-reactive ketones (excluding diaryl/α,β-unsaturated/α-hetero) is 1. The largest absolute Gasteiger partial charge is 0.494 e. The highest BCUT2D eigenvalue weighted by atomic mass is 32.2. The molecule has 2 aromatic rings. The van der Waals surface area contributed by atoms with Crippen molar-refractivity contribution >= 4 is 29.2 Å². The Kier molecular flexibility index (Phi) is 6.08. The zero-order valence-corrected chi connectivity index (χ0v) is 15.6. The van der Waals surface area contributed by atoms with Crippen LogP contribution in [0.3, 0.4) is 0 Å². The summed E-state index contributed by atoms with van der Waals surface area (Å²) in [5, 5.41) is 8.73. The van der Waals surface area contributed by atoms with Gasteiger partial charge in [-0.05, 0) is 30.7 Å². The highest BCUT2D eigenvalue weighted by molar-refractivity contribution is 8.04. The molecule has 8 heteroatoms.